The molecule has 0 spiro atoms. The lowest BCUT2D eigenvalue weighted by atomic mass is 10.1. The van der Waals surface area contributed by atoms with Crippen LogP contribution in [-0.2, 0) is 0 Å². The average Bonchev–Trinajstić information content (AvgIpc) is 2.28. The number of hydrogen-bond acceptors (Lipinski definition) is 3. The summed E-state index contributed by atoms with van der Waals surface area (Å²) in [7, 11) is 0. The number of benzene rings is 1. The zero-order valence-corrected chi connectivity index (χ0v) is 11.4. The molecule has 100 valence electrons. The first kappa shape index (κ1) is 14.8. The zero-order valence-electron chi connectivity index (χ0n) is 10.6. The third-order valence-corrected chi connectivity index (χ3v) is 2.81. The molecule has 1 aromatic rings. The summed E-state index contributed by atoms with van der Waals surface area (Å²) in [4.78, 5) is 11.8. The third kappa shape index (κ3) is 4.55. The van der Waals surface area contributed by atoms with E-state index in [4.69, 9.17) is 17.3 Å². The minimum absolute atomic E-state index is 0.210. The van der Waals surface area contributed by atoms with Crippen LogP contribution < -0.4 is 11.1 Å². The highest BCUT2D eigenvalue weighted by Crippen LogP contribution is 2.18. The van der Waals surface area contributed by atoms with Gasteiger partial charge in [0.25, 0.3) is 5.91 Å². The number of hydrogen-bond donors (Lipinski definition) is 3. The van der Waals surface area contributed by atoms with Gasteiger partial charge in [0.05, 0.1) is 16.7 Å². The number of anilines is 1. The molecule has 0 heterocycles. The highest BCUT2D eigenvalue weighted by Gasteiger charge is 2.13. The number of nitrogen functional groups attached to an aromatic ring is 1. The van der Waals surface area contributed by atoms with E-state index in [1.54, 1.807) is 12.1 Å². The van der Waals surface area contributed by atoms with Crippen molar-refractivity contribution in [1.29, 1.82) is 0 Å². The molecule has 1 amide bonds. The molecule has 0 aliphatic rings. The molecule has 0 aliphatic heterocycles. The van der Waals surface area contributed by atoms with Crippen molar-refractivity contribution in [1.82, 2.24) is 5.32 Å². The molecule has 1 aromatic carbocycles. The van der Waals surface area contributed by atoms with Gasteiger partial charge in [0, 0.05) is 12.2 Å². The quantitative estimate of drug-likeness (QED) is 0.717. The molecule has 0 saturated heterocycles. The SMILES string of the molecule is CC(C)CC(O)CNC(=O)c1cc(N)ccc1Cl. The monoisotopic (exact) mass is 270 g/mol. The molecule has 0 aromatic heterocycles. The average molecular weight is 271 g/mol. The lowest BCUT2D eigenvalue weighted by molar-refractivity contribution is 0.0900. The molecule has 4 nitrogen and oxygen atoms in total. The second-order valence-electron chi connectivity index (χ2n) is 4.73. The predicted molar refractivity (Wildman–Crippen MR) is 73.7 cm³/mol. The van der Waals surface area contributed by atoms with Crippen molar-refractivity contribution < 1.29 is 9.90 Å². The Morgan fingerprint density at radius 3 is 2.78 bits per heavy atom. The molecule has 1 unspecified atom stereocenters. The predicted octanol–water partition coefficient (Wildman–Crippen LogP) is 2.06. The Balaban J connectivity index is 2.58. The maximum atomic E-state index is 11.8. The minimum Gasteiger partial charge on any atom is -0.399 e. The van der Waals surface area contributed by atoms with Crippen molar-refractivity contribution >= 4 is 23.2 Å². The van der Waals surface area contributed by atoms with Gasteiger partial charge < -0.3 is 16.2 Å². The number of aliphatic hydroxyl groups is 1. The summed E-state index contributed by atoms with van der Waals surface area (Å²) < 4.78 is 0. The number of nitrogens with two attached hydrogens (primary N) is 1. The Hall–Kier alpha value is -1.26. The molecule has 5 heteroatoms. The van der Waals surface area contributed by atoms with Crippen LogP contribution in [0, 0.1) is 5.92 Å². The molecular weight excluding hydrogens is 252 g/mol. The molecule has 0 fully saturated rings. The number of aliphatic hydroxyl groups excluding tert-OH is 1. The van der Waals surface area contributed by atoms with Crippen molar-refractivity contribution in [2.24, 2.45) is 5.92 Å². The van der Waals surface area contributed by atoms with Crippen molar-refractivity contribution in [3.8, 4) is 0 Å². The fourth-order valence-electron chi connectivity index (χ4n) is 1.65. The topological polar surface area (TPSA) is 75.3 Å². The maximum absolute atomic E-state index is 11.8. The first-order valence-corrected chi connectivity index (χ1v) is 6.29. The Bertz CT molecular complexity index is 421. The normalized spacial score (nSPS) is 12.5. The molecule has 1 atom stereocenters. The number of halogens is 1. The van der Waals surface area contributed by atoms with E-state index in [9.17, 15) is 9.90 Å². The Kier molecular flexibility index (Phi) is 5.44. The Morgan fingerprint density at radius 1 is 1.50 bits per heavy atom. The van der Waals surface area contributed by atoms with Crippen LogP contribution in [0.2, 0.25) is 5.02 Å². The first-order chi connectivity index (χ1) is 8.40. The summed E-state index contributed by atoms with van der Waals surface area (Å²) in [6.45, 7) is 4.24. The van der Waals surface area contributed by atoms with E-state index in [2.05, 4.69) is 5.32 Å². The van der Waals surface area contributed by atoms with Crippen LogP contribution in [0.1, 0.15) is 30.6 Å². The molecule has 1 rings (SSSR count). The van der Waals surface area contributed by atoms with Gasteiger partial charge in [-0.1, -0.05) is 25.4 Å². The minimum atomic E-state index is -0.547. The molecule has 0 radical (unpaired) electrons. The maximum Gasteiger partial charge on any atom is 0.252 e. The van der Waals surface area contributed by atoms with E-state index in [0.29, 0.717) is 28.6 Å². The van der Waals surface area contributed by atoms with Gasteiger partial charge >= 0.3 is 0 Å². The summed E-state index contributed by atoms with van der Waals surface area (Å²) in [6, 6.07) is 4.73. The molecule has 0 aliphatic carbocycles. The fourth-order valence-corrected chi connectivity index (χ4v) is 1.85. The van der Waals surface area contributed by atoms with Crippen LogP contribution in [0.3, 0.4) is 0 Å². The van der Waals surface area contributed by atoms with E-state index < -0.39 is 6.10 Å². The van der Waals surface area contributed by atoms with Gasteiger partial charge in [-0.25, -0.2) is 0 Å². The van der Waals surface area contributed by atoms with E-state index in [1.807, 2.05) is 13.8 Å². The van der Waals surface area contributed by atoms with Gasteiger partial charge in [-0.05, 0) is 30.5 Å². The lowest BCUT2D eigenvalue weighted by Gasteiger charge is -2.14. The number of rotatable bonds is 5. The van der Waals surface area contributed by atoms with Crippen molar-refractivity contribution in [2.45, 2.75) is 26.4 Å². The van der Waals surface area contributed by atoms with Gasteiger partial charge in [0.15, 0.2) is 0 Å². The largest absolute Gasteiger partial charge is 0.399 e. The standard InChI is InChI=1S/C13H19ClN2O2/c1-8(2)5-10(17)7-16-13(18)11-6-9(15)3-4-12(11)14/h3-4,6,8,10,17H,5,7,15H2,1-2H3,(H,16,18). The highest BCUT2D eigenvalue weighted by atomic mass is 35.5. The number of carbonyl (C=O) groups is 1. The van der Waals surface area contributed by atoms with Gasteiger partial charge in [-0.3, -0.25) is 4.79 Å². The van der Waals surface area contributed by atoms with Crippen LogP contribution in [0.15, 0.2) is 18.2 Å². The lowest BCUT2D eigenvalue weighted by Crippen LogP contribution is -2.33. The van der Waals surface area contributed by atoms with Crippen LogP contribution in [0.5, 0.6) is 0 Å². The summed E-state index contributed by atoms with van der Waals surface area (Å²) in [5, 5.41) is 12.7. The van der Waals surface area contributed by atoms with Gasteiger partial charge in [0.2, 0.25) is 0 Å². The second kappa shape index (κ2) is 6.61. The van der Waals surface area contributed by atoms with Crippen LogP contribution >= 0.6 is 11.6 Å². The third-order valence-electron chi connectivity index (χ3n) is 2.48. The number of carbonyl (C=O) groups excluding carboxylic acids is 1. The molecule has 18 heavy (non-hydrogen) atoms. The van der Waals surface area contributed by atoms with Crippen molar-refractivity contribution in [3.63, 3.8) is 0 Å². The van der Waals surface area contributed by atoms with E-state index in [0.717, 1.165) is 0 Å². The van der Waals surface area contributed by atoms with Gasteiger partial charge in [-0.15, -0.1) is 0 Å². The van der Waals surface area contributed by atoms with E-state index in [1.165, 1.54) is 6.07 Å². The van der Waals surface area contributed by atoms with Crippen molar-refractivity contribution in [2.75, 3.05) is 12.3 Å². The summed E-state index contributed by atoms with van der Waals surface area (Å²) in [5.74, 6) is 0.0583. The van der Waals surface area contributed by atoms with Crippen LogP contribution in [0.4, 0.5) is 5.69 Å². The zero-order chi connectivity index (χ0) is 13.7. The number of nitrogens with one attached hydrogen (secondary N) is 1. The Morgan fingerprint density at radius 2 is 2.17 bits per heavy atom. The van der Waals surface area contributed by atoms with E-state index >= 15 is 0 Å². The smallest absolute Gasteiger partial charge is 0.252 e. The van der Waals surface area contributed by atoms with Gasteiger partial charge in [-0.2, -0.15) is 0 Å². The summed E-state index contributed by atoms with van der Waals surface area (Å²) >= 11 is 5.91. The summed E-state index contributed by atoms with van der Waals surface area (Å²) in [5.41, 5.74) is 6.41. The first-order valence-electron chi connectivity index (χ1n) is 5.91. The molecular formula is C13H19ClN2O2. The fraction of sp³-hybridized carbons (Fsp3) is 0.462. The summed E-state index contributed by atoms with van der Waals surface area (Å²) in [6.07, 6.45) is 0.0964. The molecule has 0 bridgehead atoms. The van der Waals surface area contributed by atoms with Crippen molar-refractivity contribution in [3.05, 3.63) is 28.8 Å². The molecule has 4 N–H and O–H groups in total. The van der Waals surface area contributed by atoms with Crippen LogP contribution in [-0.4, -0.2) is 23.7 Å². The molecule has 0 saturated carbocycles. The van der Waals surface area contributed by atoms with E-state index in [-0.39, 0.29) is 12.5 Å². The Labute approximate surface area is 112 Å². The number of amides is 1. The van der Waals surface area contributed by atoms with Crippen LogP contribution in [0.25, 0.3) is 0 Å². The highest BCUT2D eigenvalue weighted by molar-refractivity contribution is 6.34. The van der Waals surface area contributed by atoms with Gasteiger partial charge in [0.1, 0.15) is 0 Å². The second-order valence-corrected chi connectivity index (χ2v) is 5.14.